The van der Waals surface area contributed by atoms with E-state index in [1.807, 2.05) is 6.92 Å². The molecule has 122 valence electrons. The van der Waals surface area contributed by atoms with Crippen molar-refractivity contribution >= 4 is 10.0 Å². The van der Waals surface area contributed by atoms with Crippen LogP contribution in [0.4, 0.5) is 0 Å². The summed E-state index contributed by atoms with van der Waals surface area (Å²) in [5.41, 5.74) is 6.31. The van der Waals surface area contributed by atoms with Crippen LogP contribution in [0.25, 0.3) is 0 Å². The molecule has 1 aromatic rings. The standard InChI is InChI=1S/C15H28N2O3S/c1-6-13(7-2)10-17(8-3)21(18,19)15-12(5)20-11(4)14(15)9-16/h13H,6-10,16H2,1-5H3. The van der Waals surface area contributed by atoms with Gasteiger partial charge in [0, 0.05) is 25.2 Å². The molecule has 0 aromatic carbocycles. The molecule has 0 aliphatic rings. The largest absolute Gasteiger partial charge is 0.465 e. The summed E-state index contributed by atoms with van der Waals surface area (Å²) < 4.78 is 32.9. The number of rotatable bonds is 8. The lowest BCUT2D eigenvalue weighted by Crippen LogP contribution is -2.35. The van der Waals surface area contributed by atoms with Gasteiger partial charge in [-0.3, -0.25) is 0 Å². The van der Waals surface area contributed by atoms with Crippen molar-refractivity contribution in [3.8, 4) is 0 Å². The Hall–Kier alpha value is -0.850. The molecule has 1 heterocycles. The van der Waals surface area contributed by atoms with Crippen molar-refractivity contribution in [2.75, 3.05) is 13.1 Å². The molecule has 0 fully saturated rings. The van der Waals surface area contributed by atoms with Crippen molar-refractivity contribution in [3.05, 3.63) is 17.1 Å². The van der Waals surface area contributed by atoms with E-state index in [0.29, 0.717) is 36.1 Å². The molecule has 0 bridgehead atoms. The topological polar surface area (TPSA) is 76.5 Å². The number of aryl methyl sites for hydroxylation is 2. The molecule has 21 heavy (non-hydrogen) atoms. The fraction of sp³-hybridized carbons (Fsp3) is 0.733. The summed E-state index contributed by atoms with van der Waals surface area (Å²) in [6, 6.07) is 0. The zero-order valence-corrected chi connectivity index (χ0v) is 14.6. The zero-order chi connectivity index (χ0) is 16.2. The van der Waals surface area contributed by atoms with Gasteiger partial charge in [-0.05, 0) is 19.8 Å². The fourth-order valence-corrected chi connectivity index (χ4v) is 4.59. The van der Waals surface area contributed by atoms with Gasteiger partial charge in [0.1, 0.15) is 16.4 Å². The molecule has 5 nitrogen and oxygen atoms in total. The highest BCUT2D eigenvalue weighted by Crippen LogP contribution is 2.29. The number of sulfonamides is 1. The highest BCUT2D eigenvalue weighted by molar-refractivity contribution is 7.89. The highest BCUT2D eigenvalue weighted by Gasteiger charge is 2.32. The second kappa shape index (κ2) is 7.42. The average Bonchev–Trinajstić information content (AvgIpc) is 2.74. The molecule has 6 heteroatoms. The van der Waals surface area contributed by atoms with E-state index in [2.05, 4.69) is 13.8 Å². The van der Waals surface area contributed by atoms with Crippen LogP contribution in [-0.4, -0.2) is 25.8 Å². The Morgan fingerprint density at radius 2 is 1.71 bits per heavy atom. The first-order valence-corrected chi connectivity index (χ1v) is 9.06. The molecule has 0 aliphatic heterocycles. The van der Waals surface area contributed by atoms with E-state index in [0.717, 1.165) is 12.8 Å². The maximum absolute atomic E-state index is 13.0. The Balaban J connectivity index is 3.25. The van der Waals surface area contributed by atoms with E-state index in [1.165, 1.54) is 0 Å². The molecule has 2 N–H and O–H groups in total. The maximum atomic E-state index is 13.0. The van der Waals surface area contributed by atoms with Gasteiger partial charge in [0.25, 0.3) is 0 Å². The Morgan fingerprint density at radius 1 is 1.14 bits per heavy atom. The normalized spacial score (nSPS) is 12.6. The van der Waals surface area contributed by atoms with E-state index < -0.39 is 10.0 Å². The summed E-state index contributed by atoms with van der Waals surface area (Å²) >= 11 is 0. The molecule has 0 amide bonds. The SMILES string of the molecule is CCC(CC)CN(CC)S(=O)(=O)c1c(C)oc(C)c1CN. The minimum atomic E-state index is -3.56. The van der Waals surface area contributed by atoms with Crippen LogP contribution in [0.1, 0.15) is 50.7 Å². The van der Waals surface area contributed by atoms with Crippen molar-refractivity contribution in [1.29, 1.82) is 0 Å². The van der Waals surface area contributed by atoms with Crippen molar-refractivity contribution in [1.82, 2.24) is 4.31 Å². The van der Waals surface area contributed by atoms with Crippen LogP contribution in [0.2, 0.25) is 0 Å². The third kappa shape index (κ3) is 3.67. The van der Waals surface area contributed by atoms with Gasteiger partial charge in [0.15, 0.2) is 0 Å². The average molecular weight is 316 g/mol. The van der Waals surface area contributed by atoms with Gasteiger partial charge in [0.05, 0.1) is 0 Å². The van der Waals surface area contributed by atoms with E-state index in [9.17, 15) is 8.42 Å². The predicted molar refractivity (Wildman–Crippen MR) is 84.6 cm³/mol. The van der Waals surface area contributed by atoms with Gasteiger partial charge in [-0.1, -0.05) is 33.6 Å². The van der Waals surface area contributed by atoms with Crippen LogP contribution in [0.3, 0.4) is 0 Å². The monoisotopic (exact) mass is 316 g/mol. The van der Waals surface area contributed by atoms with Crippen LogP contribution in [0.15, 0.2) is 9.31 Å². The Labute approximate surface area is 128 Å². The maximum Gasteiger partial charge on any atom is 0.246 e. The first-order valence-electron chi connectivity index (χ1n) is 7.62. The second-order valence-corrected chi connectivity index (χ2v) is 7.24. The van der Waals surface area contributed by atoms with Gasteiger partial charge in [-0.15, -0.1) is 0 Å². The lowest BCUT2D eigenvalue weighted by molar-refractivity contribution is 0.338. The van der Waals surface area contributed by atoms with Gasteiger partial charge < -0.3 is 10.2 Å². The number of nitrogens with zero attached hydrogens (tertiary/aromatic N) is 1. The van der Waals surface area contributed by atoms with Crippen LogP contribution < -0.4 is 5.73 Å². The summed E-state index contributed by atoms with van der Waals surface area (Å²) in [4.78, 5) is 0.260. The van der Waals surface area contributed by atoms with E-state index >= 15 is 0 Å². The van der Waals surface area contributed by atoms with E-state index in [1.54, 1.807) is 18.2 Å². The summed E-state index contributed by atoms with van der Waals surface area (Å²) in [6.07, 6.45) is 1.94. The quantitative estimate of drug-likeness (QED) is 0.800. The summed E-state index contributed by atoms with van der Waals surface area (Å²) in [5, 5.41) is 0. The minimum Gasteiger partial charge on any atom is -0.465 e. The minimum absolute atomic E-state index is 0.167. The molecule has 0 spiro atoms. The van der Waals surface area contributed by atoms with Crippen molar-refractivity contribution in [2.45, 2.75) is 58.9 Å². The second-order valence-electron chi connectivity index (χ2n) is 5.36. The highest BCUT2D eigenvalue weighted by atomic mass is 32.2. The fourth-order valence-electron chi connectivity index (χ4n) is 2.64. The van der Waals surface area contributed by atoms with Gasteiger partial charge in [-0.2, -0.15) is 4.31 Å². The first kappa shape index (κ1) is 18.2. The third-order valence-corrected chi connectivity index (χ3v) is 6.23. The zero-order valence-electron chi connectivity index (χ0n) is 13.8. The summed E-state index contributed by atoms with van der Waals surface area (Å²) in [6.45, 7) is 10.6. The predicted octanol–water partition coefficient (Wildman–Crippen LogP) is 2.80. The Kier molecular flexibility index (Phi) is 6.43. The van der Waals surface area contributed by atoms with Crippen LogP contribution in [0, 0.1) is 19.8 Å². The van der Waals surface area contributed by atoms with Crippen molar-refractivity contribution in [3.63, 3.8) is 0 Å². The first-order chi connectivity index (χ1) is 9.83. The molecule has 0 saturated heterocycles. The van der Waals surface area contributed by atoms with E-state index in [4.69, 9.17) is 10.2 Å². The van der Waals surface area contributed by atoms with Crippen LogP contribution in [-0.2, 0) is 16.6 Å². The smallest absolute Gasteiger partial charge is 0.246 e. The third-order valence-electron chi connectivity index (χ3n) is 4.10. The Morgan fingerprint density at radius 3 is 2.14 bits per heavy atom. The lowest BCUT2D eigenvalue weighted by atomic mass is 10.0. The molecule has 0 aliphatic carbocycles. The van der Waals surface area contributed by atoms with Crippen molar-refractivity contribution in [2.24, 2.45) is 11.7 Å². The summed E-state index contributed by atoms with van der Waals surface area (Å²) in [7, 11) is -3.56. The van der Waals surface area contributed by atoms with Crippen LogP contribution >= 0.6 is 0 Å². The van der Waals surface area contributed by atoms with Gasteiger partial charge in [-0.25, -0.2) is 8.42 Å². The van der Waals surface area contributed by atoms with Crippen molar-refractivity contribution < 1.29 is 12.8 Å². The number of nitrogens with two attached hydrogens (primary N) is 1. The Bertz CT molecular complexity index is 560. The van der Waals surface area contributed by atoms with E-state index in [-0.39, 0.29) is 11.4 Å². The molecule has 0 radical (unpaired) electrons. The molecule has 0 unspecified atom stereocenters. The molecule has 0 saturated carbocycles. The lowest BCUT2D eigenvalue weighted by Gasteiger charge is -2.25. The van der Waals surface area contributed by atoms with Gasteiger partial charge >= 0.3 is 0 Å². The molecular weight excluding hydrogens is 288 g/mol. The molecule has 0 atom stereocenters. The number of hydrogen-bond acceptors (Lipinski definition) is 4. The number of hydrogen-bond donors (Lipinski definition) is 1. The summed E-state index contributed by atoms with van der Waals surface area (Å²) in [5.74, 6) is 1.39. The molecule has 1 aromatic heterocycles. The van der Waals surface area contributed by atoms with Crippen LogP contribution in [0.5, 0.6) is 0 Å². The van der Waals surface area contributed by atoms with Gasteiger partial charge in [0.2, 0.25) is 10.0 Å². The molecular formula is C15H28N2O3S. The number of furan rings is 1. The molecule has 1 rings (SSSR count).